The number of carbonyl (C=O) groups is 4. The van der Waals surface area contributed by atoms with Crippen LogP contribution in [0.3, 0.4) is 0 Å². The van der Waals surface area contributed by atoms with E-state index in [1.165, 1.54) is 28.3 Å². The predicted octanol–water partition coefficient (Wildman–Crippen LogP) is 1.87. The average Bonchev–Trinajstić information content (AvgIpc) is 3.52. The Morgan fingerprint density at radius 3 is 2.70 bits per heavy atom. The van der Waals surface area contributed by atoms with Crippen LogP contribution < -0.4 is 10.1 Å². The first-order chi connectivity index (χ1) is 15.8. The van der Waals surface area contributed by atoms with Crippen molar-refractivity contribution in [3.63, 3.8) is 0 Å². The van der Waals surface area contributed by atoms with Gasteiger partial charge in [-0.2, -0.15) is 0 Å². The third-order valence-electron chi connectivity index (χ3n) is 5.84. The van der Waals surface area contributed by atoms with Gasteiger partial charge in [0.05, 0.1) is 18.8 Å². The number of fused-ring (bicyclic) bond motifs is 1. The number of amides is 3. The van der Waals surface area contributed by atoms with E-state index in [-0.39, 0.29) is 41.7 Å². The first kappa shape index (κ1) is 22.5. The molecule has 2 aliphatic heterocycles. The Hall–Kier alpha value is -3.69. The van der Waals surface area contributed by atoms with Crippen LogP contribution >= 0.6 is 0 Å². The summed E-state index contributed by atoms with van der Waals surface area (Å²) in [5, 5.41) is 2.60. The highest BCUT2D eigenvalue weighted by Gasteiger charge is 2.52. The first-order valence-corrected chi connectivity index (χ1v) is 10.9. The molecule has 2 aliphatic rings. The Balaban J connectivity index is 1.47. The zero-order valence-electron chi connectivity index (χ0n) is 18.5. The number of ether oxygens (including phenoxy) is 1. The molecule has 10 heteroatoms. The van der Waals surface area contributed by atoms with Gasteiger partial charge in [-0.05, 0) is 37.0 Å². The Labute approximate surface area is 190 Å². The summed E-state index contributed by atoms with van der Waals surface area (Å²) in [4.78, 5) is 58.6. The molecule has 0 aromatic carbocycles. The van der Waals surface area contributed by atoms with E-state index in [1.807, 2.05) is 13.8 Å². The molecule has 0 radical (unpaired) electrons. The van der Waals surface area contributed by atoms with Crippen LogP contribution in [-0.4, -0.2) is 69.7 Å². The SMILES string of the molecule is CC(C)CC(NC(=O)Oc1ccco1)C(=O)N1CCC2C1C(=O)CN2C(=O)c1ccccn1. The van der Waals surface area contributed by atoms with E-state index in [4.69, 9.17) is 9.15 Å². The van der Waals surface area contributed by atoms with Gasteiger partial charge in [0.2, 0.25) is 5.91 Å². The van der Waals surface area contributed by atoms with E-state index < -0.39 is 24.2 Å². The van der Waals surface area contributed by atoms with Crippen molar-refractivity contribution in [3.05, 3.63) is 48.5 Å². The normalized spacial score (nSPS) is 20.6. The van der Waals surface area contributed by atoms with Gasteiger partial charge in [0.25, 0.3) is 11.9 Å². The summed E-state index contributed by atoms with van der Waals surface area (Å²) in [6.45, 7) is 4.11. The van der Waals surface area contributed by atoms with Crippen molar-refractivity contribution < 1.29 is 28.3 Å². The van der Waals surface area contributed by atoms with Crippen molar-refractivity contribution in [1.82, 2.24) is 20.1 Å². The van der Waals surface area contributed by atoms with Gasteiger partial charge in [-0.25, -0.2) is 4.79 Å². The van der Waals surface area contributed by atoms with Crippen LogP contribution in [0.5, 0.6) is 5.95 Å². The number of furan rings is 1. The second-order valence-corrected chi connectivity index (χ2v) is 8.59. The standard InChI is InChI=1S/C23H26N4O6/c1-14(2)12-16(25-23(31)33-19-7-5-11-32-19)22(30)26-10-8-17-20(26)18(28)13-27(17)21(29)15-6-3-4-9-24-15/h3-7,9,11,14,16-17,20H,8,10,12-13H2,1-2H3,(H,25,31). The van der Waals surface area contributed by atoms with Crippen molar-refractivity contribution in [1.29, 1.82) is 0 Å². The lowest BCUT2D eigenvalue weighted by Gasteiger charge is -2.28. The number of rotatable bonds is 6. The second-order valence-electron chi connectivity index (χ2n) is 8.59. The molecule has 2 aromatic heterocycles. The van der Waals surface area contributed by atoms with Gasteiger partial charge in [0, 0.05) is 18.8 Å². The van der Waals surface area contributed by atoms with Crippen molar-refractivity contribution in [3.8, 4) is 5.95 Å². The molecule has 1 N–H and O–H groups in total. The maximum absolute atomic E-state index is 13.4. The van der Waals surface area contributed by atoms with E-state index in [9.17, 15) is 19.2 Å². The Kier molecular flexibility index (Phi) is 6.43. The molecule has 0 spiro atoms. The van der Waals surface area contributed by atoms with Gasteiger partial charge in [0.15, 0.2) is 5.78 Å². The third-order valence-corrected chi connectivity index (χ3v) is 5.84. The zero-order chi connectivity index (χ0) is 23.5. The number of likely N-dealkylation sites (tertiary alicyclic amines) is 2. The minimum absolute atomic E-state index is 0.0131. The highest BCUT2D eigenvalue weighted by atomic mass is 16.6. The van der Waals surface area contributed by atoms with E-state index >= 15 is 0 Å². The first-order valence-electron chi connectivity index (χ1n) is 10.9. The fourth-order valence-electron chi connectivity index (χ4n) is 4.45. The van der Waals surface area contributed by atoms with Crippen LogP contribution in [0.15, 0.2) is 47.2 Å². The summed E-state index contributed by atoms with van der Waals surface area (Å²) in [6.07, 6.45) is 2.92. The molecule has 3 atom stereocenters. The summed E-state index contributed by atoms with van der Waals surface area (Å²) >= 11 is 0. The fraction of sp³-hybridized carbons (Fsp3) is 0.435. The summed E-state index contributed by atoms with van der Waals surface area (Å²) in [5.41, 5.74) is 0.260. The summed E-state index contributed by atoms with van der Waals surface area (Å²) in [7, 11) is 0. The number of ketones is 1. The highest BCUT2D eigenvalue weighted by Crippen LogP contribution is 2.31. The molecule has 33 heavy (non-hydrogen) atoms. The van der Waals surface area contributed by atoms with E-state index in [0.717, 1.165) is 0 Å². The average molecular weight is 454 g/mol. The Morgan fingerprint density at radius 1 is 1.21 bits per heavy atom. The van der Waals surface area contributed by atoms with Crippen LogP contribution in [0.4, 0.5) is 4.79 Å². The van der Waals surface area contributed by atoms with Crippen molar-refractivity contribution in [2.75, 3.05) is 13.1 Å². The molecule has 3 amide bonds. The molecule has 4 rings (SSSR count). The Bertz CT molecular complexity index is 1020. The van der Waals surface area contributed by atoms with Crippen LogP contribution in [0.25, 0.3) is 0 Å². The molecule has 10 nitrogen and oxygen atoms in total. The number of Topliss-reactive ketones (excluding diaryl/α,β-unsaturated/α-hetero) is 1. The predicted molar refractivity (Wildman–Crippen MR) is 115 cm³/mol. The van der Waals surface area contributed by atoms with Gasteiger partial charge >= 0.3 is 6.09 Å². The molecule has 4 heterocycles. The number of carbonyl (C=O) groups excluding carboxylic acids is 4. The largest absolute Gasteiger partial charge is 0.434 e. The van der Waals surface area contributed by atoms with Gasteiger partial charge < -0.3 is 24.3 Å². The molecule has 2 fully saturated rings. The number of nitrogens with one attached hydrogen (secondary N) is 1. The fourth-order valence-corrected chi connectivity index (χ4v) is 4.45. The number of nitrogens with zero attached hydrogens (tertiary/aromatic N) is 3. The van der Waals surface area contributed by atoms with Gasteiger partial charge in [-0.15, -0.1) is 0 Å². The van der Waals surface area contributed by atoms with E-state index in [1.54, 1.807) is 24.3 Å². The smallest absolute Gasteiger partial charge is 0.415 e. The molecule has 0 aliphatic carbocycles. The second kappa shape index (κ2) is 9.43. The molecule has 3 unspecified atom stereocenters. The molecular formula is C23H26N4O6. The lowest BCUT2D eigenvalue weighted by Crippen LogP contribution is -2.53. The van der Waals surface area contributed by atoms with E-state index in [0.29, 0.717) is 19.4 Å². The third kappa shape index (κ3) is 4.74. The highest BCUT2D eigenvalue weighted by molar-refractivity contribution is 6.02. The van der Waals surface area contributed by atoms with Crippen LogP contribution in [0.2, 0.25) is 0 Å². The maximum Gasteiger partial charge on any atom is 0.415 e. The molecule has 174 valence electrons. The number of hydrogen-bond acceptors (Lipinski definition) is 7. The quantitative estimate of drug-likeness (QED) is 0.707. The monoisotopic (exact) mass is 454 g/mol. The minimum Gasteiger partial charge on any atom is -0.434 e. The van der Waals surface area contributed by atoms with Crippen molar-refractivity contribution in [2.24, 2.45) is 5.92 Å². The number of pyridine rings is 1. The van der Waals surface area contributed by atoms with E-state index in [2.05, 4.69) is 10.3 Å². The molecule has 0 bridgehead atoms. The minimum atomic E-state index is -0.875. The number of hydrogen-bond donors (Lipinski definition) is 1. The lowest BCUT2D eigenvalue weighted by atomic mass is 10.0. The van der Waals surface area contributed by atoms with Gasteiger partial charge in [0.1, 0.15) is 17.8 Å². The molecule has 2 saturated heterocycles. The Morgan fingerprint density at radius 2 is 2.03 bits per heavy atom. The van der Waals surface area contributed by atoms with Crippen molar-refractivity contribution >= 4 is 23.7 Å². The van der Waals surface area contributed by atoms with Gasteiger partial charge in [-0.1, -0.05) is 19.9 Å². The topological polar surface area (TPSA) is 122 Å². The molecule has 2 aromatic rings. The molecule has 0 saturated carbocycles. The zero-order valence-corrected chi connectivity index (χ0v) is 18.5. The van der Waals surface area contributed by atoms with Crippen LogP contribution in [-0.2, 0) is 9.59 Å². The summed E-state index contributed by atoms with van der Waals surface area (Å²) in [6, 6.07) is 6.06. The number of aromatic nitrogens is 1. The summed E-state index contributed by atoms with van der Waals surface area (Å²) < 4.78 is 10.1. The molecular weight excluding hydrogens is 428 g/mol. The lowest BCUT2D eigenvalue weighted by molar-refractivity contribution is -0.138. The van der Waals surface area contributed by atoms with Gasteiger partial charge in [-0.3, -0.25) is 19.4 Å². The van der Waals surface area contributed by atoms with Crippen LogP contribution in [0.1, 0.15) is 37.2 Å². The summed E-state index contributed by atoms with van der Waals surface area (Å²) in [5.74, 6) is -0.781. The van der Waals surface area contributed by atoms with Crippen LogP contribution in [0, 0.1) is 5.92 Å². The maximum atomic E-state index is 13.4. The van der Waals surface area contributed by atoms with Crippen molar-refractivity contribution in [2.45, 2.75) is 44.8 Å².